The Labute approximate surface area is 110 Å². The Balaban J connectivity index is 2.31. The molecule has 90 valence electrons. The largest absolute Gasteiger partial charge is 0.496 e. The molecule has 1 aromatic heterocycles. The van der Waals surface area contributed by atoms with Crippen LogP contribution < -0.4 is 10.5 Å². The van der Waals surface area contributed by atoms with E-state index in [4.69, 9.17) is 10.5 Å². The van der Waals surface area contributed by atoms with E-state index in [1.165, 1.54) is 15.8 Å². The number of nitrogen functional groups attached to an aromatic ring is 1. The number of anilines is 1. The Bertz CT molecular complexity index is 688. The smallest absolute Gasteiger partial charge is 0.127 e. The predicted molar refractivity (Wildman–Crippen MR) is 78.2 cm³/mol. The summed E-state index contributed by atoms with van der Waals surface area (Å²) in [6, 6.07) is 16.4. The Morgan fingerprint density at radius 1 is 1.06 bits per heavy atom. The minimum Gasteiger partial charge on any atom is -0.496 e. The SMILES string of the molecule is COc1ccc(-c2ccccc2)c2sc(N)cc12. The molecule has 3 heteroatoms. The van der Waals surface area contributed by atoms with Gasteiger partial charge in [0.2, 0.25) is 0 Å². The third-order valence-corrected chi connectivity index (χ3v) is 3.96. The van der Waals surface area contributed by atoms with Crippen LogP contribution in [0.25, 0.3) is 21.2 Å². The average molecular weight is 255 g/mol. The Hall–Kier alpha value is -2.00. The number of hydrogen-bond donors (Lipinski definition) is 1. The molecule has 0 saturated carbocycles. The highest BCUT2D eigenvalue weighted by Crippen LogP contribution is 2.40. The van der Waals surface area contributed by atoms with Crippen LogP contribution in [0.2, 0.25) is 0 Å². The summed E-state index contributed by atoms with van der Waals surface area (Å²) in [6.07, 6.45) is 0. The van der Waals surface area contributed by atoms with Crippen molar-refractivity contribution in [1.29, 1.82) is 0 Å². The third kappa shape index (κ3) is 1.73. The van der Waals surface area contributed by atoms with E-state index < -0.39 is 0 Å². The van der Waals surface area contributed by atoms with E-state index >= 15 is 0 Å². The standard InChI is InChI=1S/C15H13NOS/c1-17-13-8-7-11(10-5-3-2-4-6-10)15-12(13)9-14(16)18-15/h2-9H,16H2,1H3. The van der Waals surface area contributed by atoms with Gasteiger partial charge in [0.15, 0.2) is 0 Å². The van der Waals surface area contributed by atoms with Gasteiger partial charge < -0.3 is 10.5 Å². The highest BCUT2D eigenvalue weighted by Gasteiger charge is 2.11. The first-order valence-corrected chi connectivity index (χ1v) is 6.52. The summed E-state index contributed by atoms with van der Waals surface area (Å²) in [5.41, 5.74) is 8.33. The average Bonchev–Trinajstić information content (AvgIpc) is 2.80. The molecule has 0 spiro atoms. The molecule has 0 bridgehead atoms. The molecule has 1 heterocycles. The van der Waals surface area contributed by atoms with Crippen LogP contribution in [-0.2, 0) is 0 Å². The first-order chi connectivity index (χ1) is 8.79. The summed E-state index contributed by atoms with van der Waals surface area (Å²) in [4.78, 5) is 0. The Morgan fingerprint density at radius 2 is 1.83 bits per heavy atom. The second-order valence-corrected chi connectivity index (χ2v) is 5.16. The van der Waals surface area contributed by atoms with E-state index in [2.05, 4.69) is 18.2 Å². The molecule has 2 nitrogen and oxygen atoms in total. The molecule has 0 aliphatic heterocycles. The summed E-state index contributed by atoms with van der Waals surface area (Å²) >= 11 is 1.60. The van der Waals surface area contributed by atoms with Crippen molar-refractivity contribution in [1.82, 2.24) is 0 Å². The molecule has 2 N–H and O–H groups in total. The third-order valence-electron chi connectivity index (χ3n) is 2.97. The van der Waals surface area contributed by atoms with Crippen molar-refractivity contribution in [2.45, 2.75) is 0 Å². The Morgan fingerprint density at radius 3 is 2.56 bits per heavy atom. The minimum atomic E-state index is 0.812. The number of fused-ring (bicyclic) bond motifs is 1. The van der Waals surface area contributed by atoms with Crippen molar-refractivity contribution in [2.75, 3.05) is 12.8 Å². The van der Waals surface area contributed by atoms with Gasteiger partial charge in [-0.3, -0.25) is 0 Å². The van der Waals surface area contributed by atoms with E-state index in [9.17, 15) is 0 Å². The first kappa shape index (κ1) is 11.1. The number of rotatable bonds is 2. The van der Waals surface area contributed by atoms with Crippen LogP contribution in [0.4, 0.5) is 5.00 Å². The van der Waals surface area contributed by atoms with Crippen LogP contribution in [-0.4, -0.2) is 7.11 Å². The summed E-state index contributed by atoms with van der Waals surface area (Å²) in [5, 5.41) is 1.90. The lowest BCUT2D eigenvalue weighted by Gasteiger charge is -2.06. The molecule has 0 unspecified atom stereocenters. The van der Waals surface area contributed by atoms with Crippen LogP contribution in [0.15, 0.2) is 48.5 Å². The first-order valence-electron chi connectivity index (χ1n) is 5.71. The minimum absolute atomic E-state index is 0.812. The maximum absolute atomic E-state index is 5.92. The fourth-order valence-electron chi connectivity index (χ4n) is 2.14. The summed E-state index contributed by atoms with van der Waals surface area (Å²) < 4.78 is 6.56. The molecule has 18 heavy (non-hydrogen) atoms. The van der Waals surface area contributed by atoms with Crippen molar-refractivity contribution in [2.24, 2.45) is 0 Å². The molecule has 0 amide bonds. The summed E-state index contributed by atoms with van der Waals surface area (Å²) in [7, 11) is 1.69. The number of nitrogens with two attached hydrogens (primary N) is 1. The van der Waals surface area contributed by atoms with Gasteiger partial charge in [-0.05, 0) is 29.3 Å². The zero-order valence-electron chi connectivity index (χ0n) is 10.0. The van der Waals surface area contributed by atoms with Gasteiger partial charge in [-0.2, -0.15) is 0 Å². The number of methoxy groups -OCH3 is 1. The highest BCUT2D eigenvalue weighted by atomic mass is 32.1. The molecule has 0 aliphatic rings. The molecular weight excluding hydrogens is 242 g/mol. The lowest BCUT2D eigenvalue weighted by Crippen LogP contribution is -1.84. The van der Waals surface area contributed by atoms with E-state index in [1.807, 2.05) is 30.3 Å². The number of ether oxygens (including phenoxy) is 1. The van der Waals surface area contributed by atoms with Crippen molar-refractivity contribution in [3.05, 3.63) is 48.5 Å². The fraction of sp³-hybridized carbons (Fsp3) is 0.0667. The lowest BCUT2D eigenvalue weighted by atomic mass is 10.0. The zero-order chi connectivity index (χ0) is 12.5. The topological polar surface area (TPSA) is 35.2 Å². The lowest BCUT2D eigenvalue weighted by molar-refractivity contribution is 0.420. The Kier molecular flexibility index (Phi) is 2.68. The van der Waals surface area contributed by atoms with E-state index in [0.29, 0.717) is 0 Å². The number of hydrogen-bond acceptors (Lipinski definition) is 3. The number of thiophene rings is 1. The van der Waals surface area contributed by atoms with Gasteiger partial charge in [0, 0.05) is 10.1 Å². The predicted octanol–water partition coefficient (Wildman–Crippen LogP) is 4.16. The molecular formula is C15H13NOS. The second kappa shape index (κ2) is 4.35. The molecule has 0 atom stereocenters. The maximum atomic E-state index is 5.92. The summed E-state index contributed by atoms with van der Waals surface area (Å²) in [5.74, 6) is 0.873. The zero-order valence-corrected chi connectivity index (χ0v) is 10.8. The quantitative estimate of drug-likeness (QED) is 0.746. The number of benzene rings is 2. The van der Waals surface area contributed by atoms with Crippen LogP contribution >= 0.6 is 11.3 Å². The van der Waals surface area contributed by atoms with Crippen LogP contribution in [0.1, 0.15) is 0 Å². The van der Waals surface area contributed by atoms with E-state index in [1.54, 1.807) is 18.4 Å². The van der Waals surface area contributed by atoms with Crippen molar-refractivity contribution < 1.29 is 4.74 Å². The van der Waals surface area contributed by atoms with E-state index in [0.717, 1.165) is 16.1 Å². The van der Waals surface area contributed by atoms with Gasteiger partial charge in [-0.1, -0.05) is 30.3 Å². The fourth-order valence-corrected chi connectivity index (χ4v) is 3.12. The van der Waals surface area contributed by atoms with Gasteiger partial charge in [0.05, 0.1) is 12.1 Å². The van der Waals surface area contributed by atoms with Crippen LogP contribution in [0, 0.1) is 0 Å². The van der Waals surface area contributed by atoms with E-state index in [-0.39, 0.29) is 0 Å². The van der Waals surface area contributed by atoms with Crippen molar-refractivity contribution in [3.8, 4) is 16.9 Å². The molecule has 0 fully saturated rings. The molecule has 0 aliphatic carbocycles. The van der Waals surface area contributed by atoms with Gasteiger partial charge in [-0.15, -0.1) is 11.3 Å². The maximum Gasteiger partial charge on any atom is 0.127 e. The van der Waals surface area contributed by atoms with Crippen molar-refractivity contribution in [3.63, 3.8) is 0 Å². The molecule has 3 aromatic rings. The molecule has 2 aromatic carbocycles. The van der Waals surface area contributed by atoms with Gasteiger partial charge in [0.25, 0.3) is 0 Å². The van der Waals surface area contributed by atoms with Gasteiger partial charge >= 0.3 is 0 Å². The van der Waals surface area contributed by atoms with Gasteiger partial charge in [-0.25, -0.2) is 0 Å². The normalized spacial score (nSPS) is 10.7. The second-order valence-electron chi connectivity index (χ2n) is 4.07. The van der Waals surface area contributed by atoms with Crippen LogP contribution in [0.5, 0.6) is 5.75 Å². The molecule has 0 radical (unpaired) electrons. The van der Waals surface area contributed by atoms with Gasteiger partial charge in [0.1, 0.15) is 5.75 Å². The molecule has 3 rings (SSSR count). The molecule has 0 saturated heterocycles. The monoisotopic (exact) mass is 255 g/mol. The summed E-state index contributed by atoms with van der Waals surface area (Å²) in [6.45, 7) is 0. The highest BCUT2D eigenvalue weighted by molar-refractivity contribution is 7.23. The van der Waals surface area contributed by atoms with Crippen LogP contribution in [0.3, 0.4) is 0 Å². The van der Waals surface area contributed by atoms with Crippen molar-refractivity contribution >= 4 is 26.4 Å².